The Bertz CT molecular complexity index is 502. The molecule has 0 aliphatic carbocycles. The van der Waals surface area contributed by atoms with Crippen LogP contribution in [0.3, 0.4) is 0 Å². The van der Waals surface area contributed by atoms with E-state index in [0.29, 0.717) is 6.54 Å². The highest BCUT2D eigenvalue weighted by molar-refractivity contribution is 8.00. The number of carbonyl (C=O) groups excluding carboxylic acids is 1. The summed E-state index contributed by atoms with van der Waals surface area (Å²) in [6.07, 6.45) is -0.179. The second-order valence-corrected chi connectivity index (χ2v) is 5.24. The number of carboxylic acids is 1. The second-order valence-electron chi connectivity index (χ2n) is 4.10. The van der Waals surface area contributed by atoms with Crippen molar-refractivity contribution in [1.82, 2.24) is 4.90 Å². The first-order valence-corrected chi connectivity index (χ1v) is 6.91. The lowest BCUT2D eigenvalue weighted by molar-refractivity contribution is -0.137. The molecule has 0 atom stereocenters. The van der Waals surface area contributed by atoms with Crippen LogP contribution in [0, 0.1) is 0 Å². The monoisotopic (exact) mass is 321 g/mol. The Balaban J connectivity index is 2.75. The fourth-order valence-corrected chi connectivity index (χ4v) is 2.16. The molecule has 0 unspecified atom stereocenters. The molecule has 1 aromatic rings. The van der Waals surface area contributed by atoms with Crippen molar-refractivity contribution in [2.75, 3.05) is 13.1 Å². The summed E-state index contributed by atoms with van der Waals surface area (Å²) in [5, 5.41) is 8.61. The summed E-state index contributed by atoms with van der Waals surface area (Å²) in [5.41, 5.74) is -4.14. The van der Waals surface area contributed by atoms with Crippen LogP contribution < -0.4 is 0 Å². The van der Waals surface area contributed by atoms with Crippen LogP contribution in [-0.4, -0.2) is 40.5 Å². The highest BCUT2D eigenvalue weighted by atomic mass is 32.2. The summed E-state index contributed by atoms with van der Waals surface area (Å²) in [6, 6.07) is 5.05. The summed E-state index contributed by atoms with van der Waals surface area (Å²) < 4.78 is 36.6. The van der Waals surface area contributed by atoms with Gasteiger partial charge in [-0.3, -0.25) is 9.59 Å². The molecule has 0 saturated carbocycles. The SMILES string of the molecule is CCN(CCC(=O)O)C(=O)c1ccc(SC(F)(F)F)cc1. The van der Waals surface area contributed by atoms with Gasteiger partial charge in [-0.2, -0.15) is 13.2 Å². The number of carboxylic acid groups (broad SMARTS) is 1. The van der Waals surface area contributed by atoms with E-state index in [-0.39, 0.29) is 35.2 Å². The van der Waals surface area contributed by atoms with E-state index in [4.69, 9.17) is 5.11 Å². The molecule has 0 spiro atoms. The zero-order valence-electron chi connectivity index (χ0n) is 11.2. The van der Waals surface area contributed by atoms with Gasteiger partial charge < -0.3 is 10.0 Å². The van der Waals surface area contributed by atoms with E-state index < -0.39 is 17.4 Å². The molecular weight excluding hydrogens is 307 g/mol. The first kappa shape index (κ1) is 17.4. The Kier molecular flexibility index (Phi) is 6.07. The first-order valence-electron chi connectivity index (χ1n) is 6.10. The number of benzene rings is 1. The lowest BCUT2D eigenvalue weighted by atomic mass is 10.2. The summed E-state index contributed by atoms with van der Waals surface area (Å²) in [4.78, 5) is 23.9. The summed E-state index contributed by atoms with van der Waals surface area (Å²) >= 11 is -0.253. The maximum absolute atomic E-state index is 12.2. The molecule has 0 radical (unpaired) electrons. The van der Waals surface area contributed by atoms with E-state index in [9.17, 15) is 22.8 Å². The van der Waals surface area contributed by atoms with Crippen LogP contribution >= 0.6 is 11.8 Å². The van der Waals surface area contributed by atoms with Crippen molar-refractivity contribution in [3.63, 3.8) is 0 Å². The topological polar surface area (TPSA) is 57.6 Å². The fraction of sp³-hybridized carbons (Fsp3) is 0.385. The quantitative estimate of drug-likeness (QED) is 0.817. The molecule has 0 aliphatic rings. The first-order chi connectivity index (χ1) is 9.73. The van der Waals surface area contributed by atoms with Crippen molar-refractivity contribution in [3.8, 4) is 0 Å². The molecule has 116 valence electrons. The lowest BCUT2D eigenvalue weighted by Crippen LogP contribution is -2.32. The van der Waals surface area contributed by atoms with E-state index >= 15 is 0 Å². The van der Waals surface area contributed by atoms with Gasteiger partial charge in [0.2, 0.25) is 0 Å². The Hall–Kier alpha value is -1.70. The van der Waals surface area contributed by atoms with Crippen molar-refractivity contribution in [2.45, 2.75) is 23.7 Å². The minimum absolute atomic E-state index is 0.00682. The number of nitrogens with zero attached hydrogens (tertiary/aromatic N) is 1. The average molecular weight is 321 g/mol. The molecule has 8 heteroatoms. The van der Waals surface area contributed by atoms with E-state index in [1.165, 1.54) is 29.2 Å². The van der Waals surface area contributed by atoms with Crippen LogP contribution in [0.25, 0.3) is 0 Å². The second kappa shape index (κ2) is 7.35. The predicted molar refractivity (Wildman–Crippen MR) is 72.2 cm³/mol. The zero-order chi connectivity index (χ0) is 16.0. The van der Waals surface area contributed by atoms with Crippen molar-refractivity contribution in [1.29, 1.82) is 0 Å². The molecule has 0 bridgehead atoms. The minimum Gasteiger partial charge on any atom is -0.481 e. The summed E-state index contributed by atoms with van der Waals surface area (Å²) in [5.74, 6) is -1.42. The molecule has 21 heavy (non-hydrogen) atoms. The molecule has 1 N–H and O–H groups in total. The maximum Gasteiger partial charge on any atom is 0.446 e. The van der Waals surface area contributed by atoms with Crippen LogP contribution in [0.2, 0.25) is 0 Å². The highest BCUT2D eigenvalue weighted by Gasteiger charge is 2.29. The lowest BCUT2D eigenvalue weighted by Gasteiger charge is -2.20. The van der Waals surface area contributed by atoms with Gasteiger partial charge in [0, 0.05) is 23.5 Å². The third-order valence-electron chi connectivity index (χ3n) is 2.60. The molecule has 0 aromatic heterocycles. The van der Waals surface area contributed by atoms with Gasteiger partial charge in [-0.25, -0.2) is 0 Å². The number of amides is 1. The van der Waals surface area contributed by atoms with Crippen LogP contribution in [0.5, 0.6) is 0 Å². The van der Waals surface area contributed by atoms with Gasteiger partial charge in [-0.15, -0.1) is 0 Å². The molecular formula is C13H14F3NO3S. The third kappa shape index (κ3) is 6.07. The van der Waals surface area contributed by atoms with Gasteiger partial charge in [0.05, 0.1) is 6.42 Å². The summed E-state index contributed by atoms with van der Waals surface area (Å²) in [6.45, 7) is 2.09. The molecule has 1 rings (SSSR count). The van der Waals surface area contributed by atoms with Crippen molar-refractivity contribution in [3.05, 3.63) is 29.8 Å². The number of rotatable bonds is 6. The Morgan fingerprint density at radius 2 is 1.81 bits per heavy atom. The smallest absolute Gasteiger partial charge is 0.446 e. The molecule has 0 fully saturated rings. The number of halogens is 3. The summed E-state index contributed by atoms with van der Waals surface area (Å²) in [7, 11) is 0. The highest BCUT2D eigenvalue weighted by Crippen LogP contribution is 2.36. The Labute approximate surface area is 123 Å². The van der Waals surface area contributed by atoms with Crippen molar-refractivity contribution >= 4 is 23.6 Å². The fourth-order valence-electron chi connectivity index (χ4n) is 1.62. The average Bonchev–Trinajstić information content (AvgIpc) is 2.37. The van der Waals surface area contributed by atoms with Crippen molar-refractivity contribution in [2.24, 2.45) is 0 Å². The molecule has 1 aromatic carbocycles. The molecule has 4 nitrogen and oxygen atoms in total. The standard InChI is InChI=1S/C13H14F3NO3S/c1-2-17(8-7-11(18)19)12(20)9-3-5-10(6-4-9)21-13(14,15)16/h3-6H,2,7-8H2,1H3,(H,18,19). The van der Waals surface area contributed by atoms with Gasteiger partial charge in [0.25, 0.3) is 5.91 Å². The number of thioether (sulfide) groups is 1. The van der Waals surface area contributed by atoms with E-state index in [1.807, 2.05) is 0 Å². The Morgan fingerprint density at radius 1 is 1.24 bits per heavy atom. The number of carbonyl (C=O) groups is 2. The maximum atomic E-state index is 12.2. The molecule has 0 heterocycles. The van der Waals surface area contributed by atoms with Crippen LogP contribution in [-0.2, 0) is 4.79 Å². The number of aliphatic carboxylic acids is 1. The number of alkyl halides is 3. The van der Waals surface area contributed by atoms with Crippen LogP contribution in [0.15, 0.2) is 29.2 Å². The van der Waals surface area contributed by atoms with Crippen molar-refractivity contribution < 1.29 is 27.9 Å². The number of hydrogen-bond donors (Lipinski definition) is 1. The van der Waals surface area contributed by atoms with Crippen LogP contribution in [0.4, 0.5) is 13.2 Å². The van der Waals surface area contributed by atoms with Gasteiger partial charge in [-0.1, -0.05) is 0 Å². The van der Waals surface area contributed by atoms with Gasteiger partial charge >= 0.3 is 11.5 Å². The normalized spacial score (nSPS) is 11.2. The van der Waals surface area contributed by atoms with E-state index in [0.717, 1.165) is 0 Å². The largest absolute Gasteiger partial charge is 0.481 e. The van der Waals surface area contributed by atoms with Gasteiger partial charge in [-0.05, 0) is 43.0 Å². The van der Waals surface area contributed by atoms with E-state index in [2.05, 4.69) is 0 Å². The van der Waals surface area contributed by atoms with Gasteiger partial charge in [0.15, 0.2) is 0 Å². The van der Waals surface area contributed by atoms with Crippen LogP contribution in [0.1, 0.15) is 23.7 Å². The van der Waals surface area contributed by atoms with Gasteiger partial charge in [0.1, 0.15) is 0 Å². The number of hydrogen-bond acceptors (Lipinski definition) is 3. The molecule has 1 amide bonds. The minimum atomic E-state index is -4.37. The molecule has 0 saturated heterocycles. The van der Waals surface area contributed by atoms with E-state index in [1.54, 1.807) is 6.92 Å². The molecule has 0 aliphatic heterocycles. The zero-order valence-corrected chi connectivity index (χ0v) is 12.0. The predicted octanol–water partition coefficient (Wildman–Crippen LogP) is 3.24. The third-order valence-corrected chi connectivity index (χ3v) is 3.34. The Morgan fingerprint density at radius 3 is 2.24 bits per heavy atom.